The predicted molar refractivity (Wildman–Crippen MR) is 105 cm³/mol. The second kappa shape index (κ2) is 7.56. The van der Waals surface area contributed by atoms with Gasteiger partial charge in [-0.1, -0.05) is 12.1 Å². The number of benzene rings is 1. The fraction of sp³-hybridized carbons (Fsp3) is 0.222. The molecule has 134 valence electrons. The van der Waals surface area contributed by atoms with E-state index in [1.54, 1.807) is 29.7 Å². The van der Waals surface area contributed by atoms with Crippen LogP contribution in [0.2, 0.25) is 0 Å². The van der Waals surface area contributed by atoms with Gasteiger partial charge >= 0.3 is 0 Å². The van der Waals surface area contributed by atoms with E-state index in [1.807, 2.05) is 0 Å². The van der Waals surface area contributed by atoms with Crippen molar-refractivity contribution in [3.63, 3.8) is 0 Å². The van der Waals surface area contributed by atoms with Crippen molar-refractivity contribution in [2.45, 2.75) is 19.4 Å². The number of ether oxygens (including phenoxy) is 1. The third-order valence-corrected chi connectivity index (χ3v) is 6.86. The van der Waals surface area contributed by atoms with Crippen LogP contribution in [0.25, 0.3) is 0 Å². The van der Waals surface area contributed by atoms with Crippen LogP contribution < -0.4 is 5.32 Å². The molecule has 0 saturated carbocycles. The number of nitrogens with one attached hydrogen (secondary N) is 1. The third kappa shape index (κ3) is 3.73. The van der Waals surface area contributed by atoms with Gasteiger partial charge in [0.2, 0.25) is 0 Å². The molecule has 4 rings (SSSR count). The minimum absolute atomic E-state index is 0.154. The van der Waals surface area contributed by atoms with Crippen molar-refractivity contribution in [3.8, 4) is 0 Å². The summed E-state index contributed by atoms with van der Waals surface area (Å²) >= 11 is 6.48. The van der Waals surface area contributed by atoms with Crippen molar-refractivity contribution in [1.29, 1.82) is 0 Å². The lowest BCUT2D eigenvalue weighted by Gasteiger charge is -2.13. The molecule has 1 aliphatic heterocycles. The smallest absolute Gasteiger partial charge is 0.259 e. The van der Waals surface area contributed by atoms with Gasteiger partial charge < -0.3 is 4.74 Å². The SMILES string of the molecule is O=C(Nc1ncc(Cc2ccc(F)cc2)s1)c1c(Br)sc2c1CCOC2. The van der Waals surface area contributed by atoms with E-state index in [4.69, 9.17) is 4.74 Å². The molecule has 0 fully saturated rings. The van der Waals surface area contributed by atoms with Crippen LogP contribution in [0.4, 0.5) is 9.52 Å². The van der Waals surface area contributed by atoms with Gasteiger partial charge in [-0.2, -0.15) is 0 Å². The number of thiophene rings is 1. The average Bonchev–Trinajstić information content (AvgIpc) is 3.19. The summed E-state index contributed by atoms with van der Waals surface area (Å²) in [7, 11) is 0. The first-order valence-electron chi connectivity index (χ1n) is 7.98. The van der Waals surface area contributed by atoms with Gasteiger partial charge in [0, 0.05) is 22.4 Å². The second-order valence-electron chi connectivity index (χ2n) is 5.84. The summed E-state index contributed by atoms with van der Waals surface area (Å²) < 4.78 is 19.3. The third-order valence-electron chi connectivity index (χ3n) is 4.07. The van der Waals surface area contributed by atoms with Gasteiger partial charge in [0.1, 0.15) is 5.82 Å². The van der Waals surface area contributed by atoms with Crippen LogP contribution in [0.1, 0.15) is 31.2 Å². The summed E-state index contributed by atoms with van der Waals surface area (Å²) in [5.74, 6) is -0.403. The van der Waals surface area contributed by atoms with Crippen molar-refractivity contribution in [3.05, 3.63) is 66.5 Å². The van der Waals surface area contributed by atoms with Crippen LogP contribution in [0.5, 0.6) is 0 Å². The molecule has 0 spiro atoms. The number of amides is 1. The van der Waals surface area contributed by atoms with Gasteiger partial charge in [-0.05, 0) is 45.6 Å². The van der Waals surface area contributed by atoms with E-state index in [1.165, 1.54) is 23.5 Å². The Kier molecular flexibility index (Phi) is 5.17. The Balaban J connectivity index is 1.48. The van der Waals surface area contributed by atoms with Gasteiger partial charge in [0.25, 0.3) is 5.91 Å². The number of hydrogen-bond acceptors (Lipinski definition) is 5. The van der Waals surface area contributed by atoms with Crippen molar-refractivity contribution in [2.75, 3.05) is 11.9 Å². The van der Waals surface area contributed by atoms with Crippen LogP contribution in [-0.2, 0) is 24.2 Å². The van der Waals surface area contributed by atoms with Gasteiger partial charge in [0.05, 0.1) is 22.6 Å². The molecule has 2 aromatic heterocycles. The fourth-order valence-electron chi connectivity index (χ4n) is 2.84. The normalized spacial score (nSPS) is 13.5. The van der Waals surface area contributed by atoms with Crippen molar-refractivity contribution < 1.29 is 13.9 Å². The largest absolute Gasteiger partial charge is 0.376 e. The molecule has 1 aliphatic rings. The van der Waals surface area contributed by atoms with Gasteiger partial charge in [-0.15, -0.1) is 22.7 Å². The maximum absolute atomic E-state index is 13.0. The summed E-state index contributed by atoms with van der Waals surface area (Å²) in [6.07, 6.45) is 3.15. The van der Waals surface area contributed by atoms with Crippen molar-refractivity contribution in [2.24, 2.45) is 0 Å². The average molecular weight is 453 g/mol. The van der Waals surface area contributed by atoms with Crippen LogP contribution in [0.3, 0.4) is 0 Å². The minimum Gasteiger partial charge on any atom is -0.376 e. The molecule has 0 aliphatic carbocycles. The van der Waals surface area contributed by atoms with Crippen molar-refractivity contribution >= 4 is 49.6 Å². The highest BCUT2D eigenvalue weighted by Crippen LogP contribution is 2.36. The second-order valence-corrected chi connectivity index (χ2v) is 9.38. The van der Waals surface area contributed by atoms with E-state index < -0.39 is 0 Å². The standard InChI is InChI=1S/C18H14BrFN2O2S2/c19-16-15(13-5-6-24-9-14(13)26-16)17(23)22-18-21-8-12(25-18)7-10-1-3-11(20)4-2-10/h1-4,8H,5-7,9H2,(H,21,22,23). The first-order chi connectivity index (χ1) is 12.6. The first kappa shape index (κ1) is 17.8. The zero-order valence-electron chi connectivity index (χ0n) is 13.6. The van der Waals surface area contributed by atoms with E-state index in [0.717, 1.165) is 31.1 Å². The topological polar surface area (TPSA) is 51.2 Å². The monoisotopic (exact) mass is 452 g/mol. The van der Waals surface area contributed by atoms with Crippen LogP contribution in [0, 0.1) is 5.82 Å². The zero-order chi connectivity index (χ0) is 18.1. The van der Waals surface area contributed by atoms with Gasteiger partial charge in [-0.25, -0.2) is 9.37 Å². The molecule has 1 N–H and O–H groups in total. The van der Waals surface area contributed by atoms with Gasteiger partial charge in [0.15, 0.2) is 5.13 Å². The number of aromatic nitrogens is 1. The number of hydrogen-bond donors (Lipinski definition) is 1. The molecule has 3 heterocycles. The lowest BCUT2D eigenvalue weighted by molar-refractivity contribution is 0.101. The molecule has 3 aromatic rings. The van der Waals surface area contributed by atoms with E-state index in [2.05, 4.69) is 26.2 Å². The molecule has 8 heteroatoms. The van der Waals surface area contributed by atoms with Gasteiger partial charge in [-0.3, -0.25) is 10.1 Å². The highest BCUT2D eigenvalue weighted by molar-refractivity contribution is 9.11. The number of nitrogens with zero attached hydrogens (tertiary/aromatic N) is 1. The van der Waals surface area contributed by atoms with Crippen molar-refractivity contribution in [1.82, 2.24) is 4.98 Å². The Morgan fingerprint density at radius 1 is 1.31 bits per heavy atom. The molecule has 0 radical (unpaired) electrons. The molecule has 4 nitrogen and oxygen atoms in total. The molecule has 0 saturated heterocycles. The van der Waals surface area contributed by atoms with E-state index >= 15 is 0 Å². The van der Waals surface area contributed by atoms with E-state index in [0.29, 0.717) is 30.3 Å². The van der Waals surface area contributed by atoms with Crippen LogP contribution in [0.15, 0.2) is 34.2 Å². The predicted octanol–water partition coefficient (Wildman–Crippen LogP) is 5.02. The lowest BCUT2D eigenvalue weighted by atomic mass is 10.1. The van der Waals surface area contributed by atoms with E-state index in [-0.39, 0.29) is 11.7 Å². The summed E-state index contributed by atoms with van der Waals surface area (Å²) in [5.41, 5.74) is 2.75. The number of fused-ring (bicyclic) bond motifs is 1. The Bertz CT molecular complexity index is 953. The first-order valence-corrected chi connectivity index (χ1v) is 10.4. The summed E-state index contributed by atoms with van der Waals surface area (Å²) in [6, 6.07) is 6.40. The maximum Gasteiger partial charge on any atom is 0.259 e. The molecular formula is C18H14BrFN2O2S2. The fourth-order valence-corrected chi connectivity index (χ4v) is 5.69. The quantitative estimate of drug-likeness (QED) is 0.604. The number of anilines is 1. The molecule has 0 unspecified atom stereocenters. The summed E-state index contributed by atoms with van der Waals surface area (Å²) in [4.78, 5) is 19.1. The maximum atomic E-state index is 13.0. The molecule has 1 aromatic carbocycles. The Morgan fingerprint density at radius 3 is 2.92 bits per heavy atom. The van der Waals surface area contributed by atoms with Crippen LogP contribution >= 0.6 is 38.6 Å². The number of carbonyl (C=O) groups excluding carboxylic acids is 1. The van der Waals surface area contributed by atoms with E-state index in [9.17, 15) is 9.18 Å². The Hall–Kier alpha value is -1.61. The Morgan fingerprint density at radius 2 is 2.12 bits per heavy atom. The highest BCUT2D eigenvalue weighted by Gasteiger charge is 2.25. The minimum atomic E-state index is -0.249. The molecule has 0 bridgehead atoms. The number of halogens is 2. The number of rotatable bonds is 4. The Labute approximate surface area is 166 Å². The number of carbonyl (C=O) groups is 1. The molecule has 26 heavy (non-hydrogen) atoms. The lowest BCUT2D eigenvalue weighted by Crippen LogP contribution is -2.16. The summed E-state index contributed by atoms with van der Waals surface area (Å²) in [6.45, 7) is 1.19. The highest BCUT2D eigenvalue weighted by atomic mass is 79.9. The summed E-state index contributed by atoms with van der Waals surface area (Å²) in [5, 5.41) is 3.46. The zero-order valence-corrected chi connectivity index (χ0v) is 16.8. The molecule has 0 atom stereocenters. The molecular weight excluding hydrogens is 439 g/mol. The number of thiazole rings is 1. The molecule has 1 amide bonds. The van der Waals surface area contributed by atoms with Crippen LogP contribution in [-0.4, -0.2) is 17.5 Å².